The molecule has 0 bridgehead atoms. The summed E-state index contributed by atoms with van der Waals surface area (Å²) in [4.78, 5) is 45.1. The number of para-hydroxylation sites is 2. The zero-order valence-corrected chi connectivity index (χ0v) is 20.3. The molecule has 2 heterocycles. The molecule has 0 unspecified atom stereocenters. The predicted molar refractivity (Wildman–Crippen MR) is 139 cm³/mol. The Labute approximate surface area is 211 Å². The van der Waals surface area contributed by atoms with Crippen LogP contribution < -0.4 is 4.90 Å². The van der Waals surface area contributed by atoms with Crippen molar-refractivity contribution in [2.75, 3.05) is 4.90 Å². The van der Waals surface area contributed by atoms with Crippen molar-refractivity contribution in [1.29, 1.82) is 0 Å². The molecule has 2 aliphatic heterocycles. The van der Waals surface area contributed by atoms with Crippen molar-refractivity contribution in [2.45, 2.75) is 51.0 Å². The maximum Gasteiger partial charge on any atom is 0.255 e. The van der Waals surface area contributed by atoms with E-state index < -0.39 is 6.04 Å². The zero-order chi connectivity index (χ0) is 24.6. The van der Waals surface area contributed by atoms with Gasteiger partial charge in [-0.2, -0.15) is 0 Å². The largest absolute Gasteiger partial charge is 0.279 e. The molecular weight excluding hydrogens is 448 g/mol. The van der Waals surface area contributed by atoms with E-state index in [2.05, 4.69) is 12.1 Å². The van der Waals surface area contributed by atoms with Crippen LogP contribution in [0.15, 0.2) is 78.9 Å². The number of hydrogen-bond acceptors (Lipinski definition) is 3. The van der Waals surface area contributed by atoms with Crippen LogP contribution >= 0.6 is 0 Å². The van der Waals surface area contributed by atoms with E-state index in [0.29, 0.717) is 6.42 Å². The number of nitrogens with zero attached hydrogens (tertiary/aromatic N) is 2. The number of carbonyl (C=O) groups is 3. The third-order valence-corrected chi connectivity index (χ3v) is 8.09. The predicted octanol–water partition coefficient (Wildman–Crippen LogP) is 5.24. The molecule has 0 N–H and O–H groups in total. The topological polar surface area (TPSA) is 57.7 Å². The summed E-state index contributed by atoms with van der Waals surface area (Å²) in [6, 6.07) is 24.8. The quantitative estimate of drug-likeness (QED) is 0.482. The fraction of sp³-hybridized carbons (Fsp3) is 0.323. The van der Waals surface area contributed by atoms with Crippen molar-refractivity contribution >= 4 is 29.1 Å². The number of amides is 3. The van der Waals surface area contributed by atoms with Crippen molar-refractivity contribution < 1.29 is 14.4 Å². The van der Waals surface area contributed by atoms with Gasteiger partial charge in [0.05, 0.1) is 23.2 Å². The lowest BCUT2D eigenvalue weighted by molar-refractivity contribution is -0.147. The summed E-state index contributed by atoms with van der Waals surface area (Å²) < 4.78 is 0. The molecule has 6 rings (SSSR count). The van der Waals surface area contributed by atoms with Crippen LogP contribution in [0.3, 0.4) is 0 Å². The van der Waals surface area contributed by atoms with Gasteiger partial charge >= 0.3 is 0 Å². The number of aryl methyl sites for hydroxylation is 2. The van der Waals surface area contributed by atoms with Gasteiger partial charge in [0.15, 0.2) is 0 Å². The minimum atomic E-state index is -0.891. The second-order valence-electron chi connectivity index (χ2n) is 10.2. The molecule has 1 aliphatic carbocycles. The highest BCUT2D eigenvalue weighted by Gasteiger charge is 2.52. The Morgan fingerprint density at radius 2 is 1.22 bits per heavy atom. The normalized spacial score (nSPS) is 21.9. The van der Waals surface area contributed by atoms with Crippen LogP contribution in [0.2, 0.25) is 0 Å². The van der Waals surface area contributed by atoms with Crippen molar-refractivity contribution in [2.24, 2.45) is 11.8 Å². The Morgan fingerprint density at radius 1 is 0.722 bits per heavy atom. The molecule has 3 aliphatic rings. The first kappa shape index (κ1) is 22.7. The highest BCUT2D eigenvalue weighted by molar-refractivity contribution is 6.12. The van der Waals surface area contributed by atoms with E-state index in [-0.39, 0.29) is 29.6 Å². The zero-order valence-electron chi connectivity index (χ0n) is 20.3. The van der Waals surface area contributed by atoms with Crippen LogP contribution in [0, 0.1) is 11.8 Å². The Kier molecular flexibility index (Phi) is 5.92. The number of likely N-dealkylation sites (tertiary alicyclic amines) is 1. The lowest BCUT2D eigenvalue weighted by Crippen LogP contribution is -2.51. The van der Waals surface area contributed by atoms with E-state index in [1.165, 1.54) is 4.90 Å². The highest BCUT2D eigenvalue weighted by atomic mass is 16.2. The summed E-state index contributed by atoms with van der Waals surface area (Å²) in [5, 5.41) is 0. The van der Waals surface area contributed by atoms with Gasteiger partial charge in [0.2, 0.25) is 11.8 Å². The van der Waals surface area contributed by atoms with E-state index in [0.717, 1.165) is 66.6 Å². The third-order valence-electron chi connectivity index (χ3n) is 8.09. The molecule has 0 spiro atoms. The Hall–Kier alpha value is -3.73. The van der Waals surface area contributed by atoms with Crippen molar-refractivity contribution in [3.05, 3.63) is 95.6 Å². The average Bonchev–Trinajstić information content (AvgIpc) is 3.07. The molecule has 0 radical (unpaired) electrons. The van der Waals surface area contributed by atoms with E-state index in [1.807, 2.05) is 66.7 Å². The number of carbonyl (C=O) groups excluding carboxylic acids is 3. The lowest BCUT2D eigenvalue weighted by atomic mass is 9.81. The van der Waals surface area contributed by atoms with Gasteiger partial charge in [-0.3, -0.25) is 24.2 Å². The number of fused-ring (bicyclic) bond motifs is 3. The number of hydrogen-bond donors (Lipinski definition) is 0. The van der Waals surface area contributed by atoms with Gasteiger partial charge < -0.3 is 0 Å². The second kappa shape index (κ2) is 9.38. The van der Waals surface area contributed by atoms with Crippen molar-refractivity contribution in [3.63, 3.8) is 0 Å². The van der Waals surface area contributed by atoms with Crippen LogP contribution in [-0.2, 0) is 33.6 Å². The Morgan fingerprint density at radius 3 is 1.78 bits per heavy atom. The minimum Gasteiger partial charge on any atom is -0.279 e. The fourth-order valence-electron chi connectivity index (χ4n) is 6.29. The standard InChI is InChI=1S/C31H30N2O3/c34-29-24-14-6-7-15-25(24)30(35)33(29)28(20-21-10-2-1-3-11-21)31(36)32-26-16-8-4-12-22(26)18-19-23-13-5-9-17-27(23)32/h1-5,8-13,16-17,24-25,28H,6-7,14-15,18-20H2/t24-,25-,28+/m0/s1. The van der Waals surface area contributed by atoms with E-state index in [1.54, 1.807) is 4.90 Å². The Balaban J connectivity index is 1.47. The van der Waals surface area contributed by atoms with E-state index >= 15 is 0 Å². The number of imide groups is 1. The smallest absolute Gasteiger partial charge is 0.255 e. The highest BCUT2D eigenvalue weighted by Crippen LogP contribution is 2.41. The van der Waals surface area contributed by atoms with Gasteiger partial charge in [0, 0.05) is 6.42 Å². The van der Waals surface area contributed by atoms with Crippen LogP contribution in [0.25, 0.3) is 0 Å². The van der Waals surface area contributed by atoms with Crippen LogP contribution in [0.5, 0.6) is 0 Å². The SMILES string of the molecule is O=C([C@@H](Cc1ccccc1)N1C(=O)[C@H]2CCCC[C@@H]2C1=O)N1c2ccccc2CCc2ccccc21. The van der Waals surface area contributed by atoms with E-state index in [9.17, 15) is 14.4 Å². The minimum absolute atomic E-state index is 0.171. The molecule has 0 aromatic heterocycles. The third kappa shape index (κ3) is 3.83. The number of rotatable bonds is 4. The Bertz CT molecular complexity index is 1250. The summed E-state index contributed by atoms with van der Waals surface area (Å²) in [6.45, 7) is 0. The molecule has 36 heavy (non-hydrogen) atoms. The van der Waals surface area contributed by atoms with Crippen LogP contribution in [0.1, 0.15) is 42.4 Å². The van der Waals surface area contributed by atoms with Gasteiger partial charge in [0.25, 0.3) is 5.91 Å². The molecule has 2 fully saturated rings. The maximum atomic E-state index is 14.6. The van der Waals surface area contributed by atoms with Gasteiger partial charge in [-0.25, -0.2) is 0 Å². The molecule has 182 valence electrons. The van der Waals surface area contributed by atoms with Gasteiger partial charge in [-0.05, 0) is 54.5 Å². The van der Waals surface area contributed by atoms with Gasteiger partial charge in [-0.15, -0.1) is 0 Å². The first-order valence-electron chi connectivity index (χ1n) is 13.0. The van der Waals surface area contributed by atoms with Gasteiger partial charge in [-0.1, -0.05) is 79.6 Å². The van der Waals surface area contributed by atoms with Crippen LogP contribution in [-0.4, -0.2) is 28.7 Å². The first-order valence-corrected chi connectivity index (χ1v) is 13.0. The summed E-state index contributed by atoms with van der Waals surface area (Å²) >= 11 is 0. The summed E-state index contributed by atoms with van der Waals surface area (Å²) in [6.07, 6.45) is 5.33. The van der Waals surface area contributed by atoms with E-state index in [4.69, 9.17) is 0 Å². The molecule has 1 saturated heterocycles. The molecule has 3 amide bonds. The van der Waals surface area contributed by atoms with Crippen molar-refractivity contribution in [1.82, 2.24) is 4.90 Å². The number of anilines is 2. The van der Waals surface area contributed by atoms with Gasteiger partial charge in [0.1, 0.15) is 6.04 Å². The summed E-state index contributed by atoms with van der Waals surface area (Å²) in [7, 11) is 0. The first-order chi connectivity index (χ1) is 17.6. The van der Waals surface area contributed by atoms with Crippen molar-refractivity contribution in [3.8, 4) is 0 Å². The molecule has 1 saturated carbocycles. The van der Waals surface area contributed by atoms with Crippen LogP contribution in [0.4, 0.5) is 11.4 Å². The lowest BCUT2D eigenvalue weighted by Gasteiger charge is -2.33. The summed E-state index contributed by atoms with van der Waals surface area (Å²) in [5.41, 5.74) is 4.79. The molecule has 5 nitrogen and oxygen atoms in total. The number of benzene rings is 3. The second-order valence-corrected chi connectivity index (χ2v) is 10.2. The molecule has 3 aromatic rings. The fourth-order valence-corrected chi connectivity index (χ4v) is 6.29. The molecule has 3 aromatic carbocycles. The average molecular weight is 479 g/mol. The molecule has 5 heteroatoms. The molecular formula is C31H30N2O3. The maximum absolute atomic E-state index is 14.6. The summed E-state index contributed by atoms with van der Waals surface area (Å²) in [5.74, 6) is -1.14. The monoisotopic (exact) mass is 478 g/mol. The molecule has 3 atom stereocenters.